The Hall–Kier alpha value is -1.74. The third-order valence-corrected chi connectivity index (χ3v) is 5.64. The molecular formula is C15H13ClF3NO4S. The zero-order valence-electron chi connectivity index (χ0n) is 12.9. The van der Waals surface area contributed by atoms with E-state index >= 15 is 0 Å². The molecule has 1 unspecified atom stereocenters. The second kappa shape index (κ2) is 5.91. The van der Waals surface area contributed by atoms with Gasteiger partial charge in [0.25, 0.3) is 5.91 Å². The molecule has 1 aliphatic heterocycles. The second-order valence-electron chi connectivity index (χ2n) is 5.93. The van der Waals surface area contributed by atoms with E-state index in [4.69, 9.17) is 16.4 Å². The average molecular weight is 396 g/mol. The van der Waals surface area contributed by atoms with Gasteiger partial charge in [-0.2, -0.15) is 13.2 Å². The fraction of sp³-hybridized carbons (Fsp3) is 0.400. The smallest absolute Gasteiger partial charge is 0.378 e. The number of alkyl halides is 3. The molecule has 2 aliphatic rings. The quantitative estimate of drug-likeness (QED) is 0.787. The lowest BCUT2D eigenvalue weighted by Gasteiger charge is -2.23. The van der Waals surface area contributed by atoms with Crippen LogP contribution in [0.25, 0.3) is 0 Å². The van der Waals surface area contributed by atoms with Crippen molar-refractivity contribution in [3.8, 4) is 0 Å². The summed E-state index contributed by atoms with van der Waals surface area (Å²) >= 11 is 6.08. The van der Waals surface area contributed by atoms with Crippen LogP contribution in [0.5, 0.6) is 0 Å². The molecule has 1 aromatic carbocycles. The summed E-state index contributed by atoms with van der Waals surface area (Å²) in [4.78, 5) is 18.0. The third kappa shape index (κ3) is 3.35. The summed E-state index contributed by atoms with van der Waals surface area (Å²) in [6, 6.07) is 4.11. The van der Waals surface area contributed by atoms with Gasteiger partial charge in [0.15, 0.2) is 15.6 Å². The molecule has 0 N–H and O–H groups in total. The Kier molecular flexibility index (Phi) is 4.27. The van der Waals surface area contributed by atoms with Crippen LogP contribution in [0.2, 0.25) is 0 Å². The third-order valence-electron chi connectivity index (χ3n) is 3.88. The minimum absolute atomic E-state index is 0.118. The van der Waals surface area contributed by atoms with Crippen molar-refractivity contribution in [3.63, 3.8) is 0 Å². The van der Waals surface area contributed by atoms with Gasteiger partial charge in [-0.05, 0) is 25.0 Å². The van der Waals surface area contributed by atoms with E-state index < -0.39 is 38.4 Å². The van der Waals surface area contributed by atoms with Crippen LogP contribution < -0.4 is 0 Å². The normalized spacial score (nSPS) is 21.5. The molecular weight excluding hydrogens is 383 g/mol. The predicted octanol–water partition coefficient (Wildman–Crippen LogP) is 3.32. The summed E-state index contributed by atoms with van der Waals surface area (Å²) in [7, 11) is -3.93. The molecule has 5 nitrogen and oxygen atoms in total. The van der Waals surface area contributed by atoms with Gasteiger partial charge in [0.2, 0.25) is 5.37 Å². The molecule has 10 heteroatoms. The molecule has 1 saturated carbocycles. The van der Waals surface area contributed by atoms with Crippen LogP contribution in [-0.2, 0) is 20.9 Å². The van der Waals surface area contributed by atoms with Crippen molar-refractivity contribution in [3.05, 3.63) is 46.2 Å². The van der Waals surface area contributed by atoms with Crippen LogP contribution in [0.3, 0.4) is 0 Å². The van der Waals surface area contributed by atoms with Crippen molar-refractivity contribution < 1.29 is 31.2 Å². The molecule has 136 valence electrons. The van der Waals surface area contributed by atoms with Crippen molar-refractivity contribution >= 4 is 27.3 Å². The highest BCUT2D eigenvalue weighted by Gasteiger charge is 2.49. The summed E-state index contributed by atoms with van der Waals surface area (Å²) in [6.45, 7) is 0. The molecule has 0 saturated heterocycles. The van der Waals surface area contributed by atoms with Gasteiger partial charge >= 0.3 is 6.18 Å². The predicted molar refractivity (Wildman–Crippen MR) is 82.9 cm³/mol. The van der Waals surface area contributed by atoms with Crippen LogP contribution in [0, 0.1) is 5.92 Å². The maximum absolute atomic E-state index is 13.2. The molecule has 0 radical (unpaired) electrons. The fourth-order valence-electron chi connectivity index (χ4n) is 2.58. The molecule has 25 heavy (non-hydrogen) atoms. The standard InChI is InChI=1S/C15H13ClF3NO4S/c1-25(22,23)14-11(16)12(8-6-7-8)24-20(14)13(21)9-4-2-3-5-10(9)15(17,18)19/h2-5,8,14H,6-7H2,1H3. The van der Waals surface area contributed by atoms with Crippen molar-refractivity contribution in [2.24, 2.45) is 5.92 Å². The fourth-order valence-corrected chi connectivity index (χ4v) is 4.32. The molecule has 0 bridgehead atoms. The zero-order valence-corrected chi connectivity index (χ0v) is 14.5. The number of allylic oxidation sites excluding steroid dienone is 1. The van der Waals surface area contributed by atoms with Crippen LogP contribution in [0.15, 0.2) is 35.1 Å². The van der Waals surface area contributed by atoms with Gasteiger partial charge in [-0.15, -0.1) is 5.06 Å². The summed E-state index contributed by atoms with van der Waals surface area (Å²) in [5.41, 5.74) is -1.88. The van der Waals surface area contributed by atoms with Gasteiger partial charge < -0.3 is 4.84 Å². The Labute approximate surface area is 146 Å². The second-order valence-corrected chi connectivity index (χ2v) is 8.45. The number of carbonyl (C=O) groups is 1. The lowest BCUT2D eigenvalue weighted by Crippen LogP contribution is -2.41. The first kappa shape index (κ1) is 18.1. The molecule has 3 rings (SSSR count). The van der Waals surface area contributed by atoms with E-state index in [1.807, 2.05) is 0 Å². The van der Waals surface area contributed by atoms with Crippen molar-refractivity contribution in [1.82, 2.24) is 5.06 Å². The molecule has 1 aromatic rings. The Bertz CT molecular complexity index is 862. The first-order chi connectivity index (χ1) is 11.5. The molecule has 1 heterocycles. The Balaban J connectivity index is 2.03. The molecule has 1 atom stereocenters. The molecule has 0 aromatic heterocycles. The van der Waals surface area contributed by atoms with E-state index in [2.05, 4.69) is 0 Å². The summed E-state index contributed by atoms with van der Waals surface area (Å²) in [5, 5.41) is -1.41. The number of rotatable bonds is 3. The zero-order chi connectivity index (χ0) is 18.6. The largest absolute Gasteiger partial charge is 0.417 e. The maximum Gasteiger partial charge on any atom is 0.417 e. The Morgan fingerprint density at radius 3 is 2.40 bits per heavy atom. The van der Waals surface area contributed by atoms with Gasteiger partial charge in [0.1, 0.15) is 5.03 Å². The number of hydrogen-bond acceptors (Lipinski definition) is 4. The van der Waals surface area contributed by atoms with E-state index in [-0.39, 0.29) is 16.7 Å². The minimum Gasteiger partial charge on any atom is -0.378 e. The maximum atomic E-state index is 13.2. The summed E-state index contributed by atoms with van der Waals surface area (Å²) < 4.78 is 63.5. The number of sulfone groups is 1. The highest BCUT2D eigenvalue weighted by Crippen LogP contribution is 2.46. The van der Waals surface area contributed by atoms with E-state index in [1.54, 1.807) is 0 Å². The SMILES string of the molecule is CS(=O)(=O)C1C(Cl)=C(C2CC2)ON1C(=O)c1ccccc1C(F)(F)F. The van der Waals surface area contributed by atoms with E-state index in [9.17, 15) is 26.4 Å². The van der Waals surface area contributed by atoms with Crippen LogP contribution in [0.1, 0.15) is 28.8 Å². The molecule has 1 aliphatic carbocycles. The minimum atomic E-state index is -4.77. The summed E-state index contributed by atoms with van der Waals surface area (Å²) in [6.07, 6.45) is -2.51. The highest BCUT2D eigenvalue weighted by atomic mass is 35.5. The number of hydrogen-bond donors (Lipinski definition) is 0. The average Bonchev–Trinajstić information content (AvgIpc) is 3.27. The van der Waals surface area contributed by atoms with Crippen LogP contribution >= 0.6 is 11.6 Å². The van der Waals surface area contributed by atoms with E-state index in [1.165, 1.54) is 6.07 Å². The van der Waals surface area contributed by atoms with Gasteiger partial charge in [0, 0.05) is 12.2 Å². The molecule has 1 amide bonds. The van der Waals surface area contributed by atoms with Gasteiger partial charge in [0.05, 0.1) is 11.1 Å². The first-order valence-corrected chi connectivity index (χ1v) is 9.61. The number of halogens is 4. The number of hydroxylamine groups is 2. The summed E-state index contributed by atoms with van der Waals surface area (Å²) in [5.74, 6) is -1.19. The first-order valence-electron chi connectivity index (χ1n) is 7.28. The van der Waals surface area contributed by atoms with E-state index in [0.717, 1.165) is 24.5 Å². The van der Waals surface area contributed by atoms with Crippen molar-refractivity contribution in [1.29, 1.82) is 0 Å². The topological polar surface area (TPSA) is 63.7 Å². The molecule has 1 fully saturated rings. The Morgan fingerprint density at radius 1 is 1.28 bits per heavy atom. The van der Waals surface area contributed by atoms with Gasteiger partial charge in [-0.3, -0.25) is 4.79 Å². The van der Waals surface area contributed by atoms with Crippen LogP contribution in [-0.4, -0.2) is 31.0 Å². The monoisotopic (exact) mass is 395 g/mol. The van der Waals surface area contributed by atoms with Gasteiger partial charge in [-0.1, -0.05) is 23.7 Å². The number of amides is 1. The van der Waals surface area contributed by atoms with Crippen molar-refractivity contribution in [2.45, 2.75) is 24.4 Å². The Morgan fingerprint density at radius 2 is 1.88 bits per heavy atom. The van der Waals surface area contributed by atoms with Crippen molar-refractivity contribution in [2.75, 3.05) is 6.26 Å². The molecule has 0 spiro atoms. The lowest BCUT2D eigenvalue weighted by atomic mass is 10.1. The van der Waals surface area contributed by atoms with Gasteiger partial charge in [-0.25, -0.2) is 8.42 Å². The number of carbonyl (C=O) groups excluding carboxylic acids is 1. The van der Waals surface area contributed by atoms with E-state index in [0.29, 0.717) is 17.9 Å². The highest BCUT2D eigenvalue weighted by molar-refractivity contribution is 7.91. The number of benzene rings is 1. The van der Waals surface area contributed by atoms with Crippen LogP contribution in [0.4, 0.5) is 13.2 Å². The lowest BCUT2D eigenvalue weighted by molar-refractivity contribution is -0.138. The number of nitrogens with zero attached hydrogens (tertiary/aromatic N) is 1.